The molecule has 7 rings (SSSR count). The van der Waals surface area contributed by atoms with Crippen LogP contribution < -0.4 is 15.1 Å². The van der Waals surface area contributed by atoms with Gasteiger partial charge in [-0.15, -0.1) is 0 Å². The van der Waals surface area contributed by atoms with Crippen LogP contribution in [-0.2, 0) is 38.1 Å². The van der Waals surface area contributed by atoms with Crippen LogP contribution in [0.4, 0.5) is 4.39 Å². The third-order valence-corrected chi connectivity index (χ3v) is 13.5. The number of halogens is 1. The average molecular weight is 685 g/mol. The monoisotopic (exact) mass is 684 g/mol. The van der Waals surface area contributed by atoms with Gasteiger partial charge in [-0.25, -0.2) is 14.4 Å². The summed E-state index contributed by atoms with van der Waals surface area (Å²) in [5.74, 6) is -3.77. The van der Waals surface area contributed by atoms with Gasteiger partial charge in [0.15, 0.2) is 17.8 Å². The van der Waals surface area contributed by atoms with Gasteiger partial charge in [0.05, 0.1) is 28.9 Å². The van der Waals surface area contributed by atoms with Gasteiger partial charge in [-0.1, -0.05) is 27.7 Å². The zero-order valence-corrected chi connectivity index (χ0v) is 29.3. The zero-order chi connectivity index (χ0) is 36.1. The Morgan fingerprint density at radius 3 is 1.76 bits per heavy atom. The van der Waals surface area contributed by atoms with Gasteiger partial charge in [0, 0.05) is 22.5 Å². The predicted octanol–water partition coefficient (Wildman–Crippen LogP) is 5.16. The number of aryl methyl sites for hydroxylation is 1. The van der Waals surface area contributed by atoms with Gasteiger partial charge < -0.3 is 32.8 Å². The molecular weight excluding hydrogens is 643 g/mol. The SMILES string of the molecule is COc1cc2c(c3oc(=O)c(F)c(C)c13)[C@@H](OC(=O)C13CCC(C)(C(=O)O1)C3(C)C)[C@@H](OC(=O)C13CCC(C)(C(=O)O1)C3(C)C)C(C)(C)O2. The van der Waals surface area contributed by atoms with Crippen molar-refractivity contribution in [2.24, 2.45) is 21.7 Å². The number of ether oxygens (including phenoxy) is 6. The summed E-state index contributed by atoms with van der Waals surface area (Å²) in [5.41, 5.74) is -10.2. The quantitative estimate of drug-likeness (QED) is 0.232. The van der Waals surface area contributed by atoms with E-state index in [1.165, 1.54) is 20.1 Å². The number of carbonyl (C=O) groups is 4. The van der Waals surface area contributed by atoms with Gasteiger partial charge in [0.25, 0.3) is 0 Å². The normalized spacial score (nSPS) is 35.7. The lowest BCUT2D eigenvalue weighted by Crippen LogP contribution is -2.57. The number of hydrogen-bond donors (Lipinski definition) is 0. The lowest BCUT2D eigenvalue weighted by atomic mass is 9.66. The van der Waals surface area contributed by atoms with Crippen molar-refractivity contribution in [2.45, 2.75) is 117 Å². The van der Waals surface area contributed by atoms with Gasteiger partial charge in [0.1, 0.15) is 17.1 Å². The number of benzene rings is 1. The first kappa shape index (κ1) is 33.3. The van der Waals surface area contributed by atoms with Crippen LogP contribution in [-0.4, -0.2) is 53.9 Å². The molecule has 1 aromatic carbocycles. The third-order valence-electron chi connectivity index (χ3n) is 13.5. The topological polar surface area (TPSA) is 154 Å². The Balaban J connectivity index is 1.41. The standard InChI is InChI=1S/C36H41FO12/c1-16-19-17(43-10)15-18-20(22(19)44-25(38)21(16)37)23(45-28(41)35-13-11-33(8,26(39)48-35)31(35,4)5)24(30(2,3)47-18)46-29(42)36-14-12-34(9,27(40)49-36)32(36,6)7/h15,23-24H,11-14H2,1-10H3/t23-,24-,33?,34?,35?,36?/m1/s1. The Labute approximate surface area is 281 Å². The van der Waals surface area contributed by atoms with Crippen LogP contribution in [0.1, 0.15) is 98.3 Å². The van der Waals surface area contributed by atoms with Crippen LogP contribution in [0.15, 0.2) is 15.3 Å². The molecule has 2 saturated heterocycles. The molecule has 0 amide bonds. The van der Waals surface area contributed by atoms with Crippen molar-refractivity contribution in [3.05, 3.63) is 33.4 Å². The van der Waals surface area contributed by atoms with E-state index in [1.54, 1.807) is 55.4 Å². The summed E-state index contributed by atoms with van der Waals surface area (Å²) in [6.45, 7) is 15.2. The maximum atomic E-state index is 15.0. The maximum absolute atomic E-state index is 15.0. The van der Waals surface area contributed by atoms with E-state index in [-0.39, 0.29) is 46.4 Å². The first-order valence-electron chi connectivity index (χ1n) is 16.5. The Morgan fingerprint density at radius 1 is 0.796 bits per heavy atom. The molecule has 4 bridgehead atoms. The van der Waals surface area contributed by atoms with Crippen LogP contribution in [0.3, 0.4) is 0 Å². The first-order chi connectivity index (χ1) is 22.6. The summed E-state index contributed by atoms with van der Waals surface area (Å²) >= 11 is 0. The molecular formula is C36H41FO12. The van der Waals surface area contributed by atoms with E-state index in [0.29, 0.717) is 12.8 Å². The number of rotatable bonds is 5. The molecule has 2 aliphatic carbocycles. The van der Waals surface area contributed by atoms with Crippen LogP contribution in [0.5, 0.6) is 11.5 Å². The van der Waals surface area contributed by atoms with Gasteiger partial charge in [-0.3, -0.25) is 9.59 Å². The molecule has 264 valence electrons. The summed E-state index contributed by atoms with van der Waals surface area (Å²) in [6, 6.07) is 1.46. The average Bonchev–Trinajstić information content (AvgIpc) is 3.48. The van der Waals surface area contributed by atoms with Crippen molar-refractivity contribution in [2.75, 3.05) is 7.11 Å². The molecule has 4 unspecified atom stereocenters. The summed E-state index contributed by atoms with van der Waals surface area (Å²) < 4.78 is 56.7. The fraction of sp³-hybridized carbons (Fsp3) is 0.639. The maximum Gasteiger partial charge on any atom is 0.372 e. The van der Waals surface area contributed by atoms with E-state index >= 15 is 4.39 Å². The number of hydrogen-bond acceptors (Lipinski definition) is 12. The van der Waals surface area contributed by atoms with Crippen LogP contribution in [0.25, 0.3) is 11.0 Å². The van der Waals surface area contributed by atoms with Crippen LogP contribution in [0, 0.1) is 34.4 Å². The summed E-state index contributed by atoms with van der Waals surface area (Å²) in [7, 11) is 1.35. The van der Waals surface area contributed by atoms with E-state index in [9.17, 15) is 24.0 Å². The molecule has 0 spiro atoms. The number of esters is 4. The highest BCUT2D eigenvalue weighted by atomic mass is 19.1. The van der Waals surface area contributed by atoms with Crippen molar-refractivity contribution < 1.29 is 56.4 Å². The lowest BCUT2D eigenvalue weighted by molar-refractivity contribution is -0.217. The zero-order valence-electron chi connectivity index (χ0n) is 29.3. The van der Waals surface area contributed by atoms with Crippen molar-refractivity contribution in [1.82, 2.24) is 0 Å². The van der Waals surface area contributed by atoms with E-state index < -0.39 is 86.0 Å². The van der Waals surface area contributed by atoms with E-state index in [2.05, 4.69) is 0 Å². The molecule has 5 aliphatic rings. The minimum absolute atomic E-state index is 0.0165. The molecule has 49 heavy (non-hydrogen) atoms. The molecule has 2 aromatic rings. The largest absolute Gasteiger partial charge is 0.496 e. The Morgan fingerprint density at radius 2 is 1.31 bits per heavy atom. The third kappa shape index (κ3) is 3.66. The Hall–Kier alpha value is -4.16. The first-order valence-corrected chi connectivity index (χ1v) is 16.5. The highest BCUT2D eigenvalue weighted by Crippen LogP contribution is 2.68. The van der Waals surface area contributed by atoms with Gasteiger partial charge in [-0.2, -0.15) is 4.39 Å². The van der Waals surface area contributed by atoms with Gasteiger partial charge in [0.2, 0.25) is 17.0 Å². The summed E-state index contributed by atoms with van der Waals surface area (Å²) in [5, 5.41) is 0.0722. The highest BCUT2D eigenvalue weighted by Gasteiger charge is 2.78. The van der Waals surface area contributed by atoms with Crippen LogP contribution >= 0.6 is 0 Å². The molecule has 2 saturated carbocycles. The predicted molar refractivity (Wildman–Crippen MR) is 167 cm³/mol. The van der Waals surface area contributed by atoms with Crippen LogP contribution in [0.2, 0.25) is 0 Å². The minimum atomic E-state index is -1.68. The Kier molecular flexibility index (Phi) is 6.49. The lowest BCUT2D eigenvalue weighted by Gasteiger charge is -2.46. The molecule has 1 aromatic heterocycles. The van der Waals surface area contributed by atoms with Gasteiger partial charge in [-0.05, 0) is 60.3 Å². The minimum Gasteiger partial charge on any atom is -0.496 e. The van der Waals surface area contributed by atoms with Crippen molar-refractivity contribution in [1.29, 1.82) is 0 Å². The second kappa shape index (κ2) is 9.54. The summed E-state index contributed by atoms with van der Waals surface area (Å²) in [6.07, 6.45) is -1.84. The number of methoxy groups -OCH3 is 1. The fourth-order valence-electron chi connectivity index (χ4n) is 9.01. The van der Waals surface area contributed by atoms with E-state index in [4.69, 9.17) is 32.8 Å². The van der Waals surface area contributed by atoms with Crippen molar-refractivity contribution >= 4 is 34.8 Å². The highest BCUT2D eigenvalue weighted by molar-refractivity contribution is 5.96. The van der Waals surface area contributed by atoms with Crippen molar-refractivity contribution in [3.8, 4) is 11.5 Å². The molecule has 0 radical (unpaired) electrons. The van der Waals surface area contributed by atoms with Gasteiger partial charge >= 0.3 is 29.5 Å². The second-order valence-corrected chi connectivity index (χ2v) is 16.2. The fourth-order valence-corrected chi connectivity index (χ4v) is 9.01. The molecule has 0 N–H and O–H groups in total. The molecule has 12 nitrogen and oxygen atoms in total. The smallest absolute Gasteiger partial charge is 0.372 e. The van der Waals surface area contributed by atoms with E-state index in [0.717, 1.165) is 0 Å². The van der Waals surface area contributed by atoms with Crippen molar-refractivity contribution in [3.63, 3.8) is 0 Å². The molecule has 13 heteroatoms. The molecule has 3 aliphatic heterocycles. The molecule has 4 heterocycles. The van der Waals surface area contributed by atoms with E-state index in [1.807, 2.05) is 0 Å². The molecule has 6 atom stereocenters. The Bertz CT molecular complexity index is 1960. The summed E-state index contributed by atoms with van der Waals surface area (Å²) in [4.78, 5) is 67.9. The second-order valence-electron chi connectivity index (χ2n) is 16.2. The number of carbonyl (C=O) groups excluding carboxylic acids is 4. The molecule has 4 fully saturated rings. The number of fused-ring (bicyclic) bond motifs is 7.